The van der Waals surface area contributed by atoms with E-state index in [-0.39, 0.29) is 11.7 Å². The van der Waals surface area contributed by atoms with Gasteiger partial charge in [0.15, 0.2) is 0 Å². The molecule has 0 atom stereocenters. The summed E-state index contributed by atoms with van der Waals surface area (Å²) in [5.41, 5.74) is 5.98. The molecule has 0 spiro atoms. The minimum atomic E-state index is -3.47. The van der Waals surface area contributed by atoms with Crippen molar-refractivity contribution in [2.45, 2.75) is 26.2 Å². The lowest BCUT2D eigenvalue weighted by Gasteiger charge is -2.12. The van der Waals surface area contributed by atoms with Gasteiger partial charge in [0.05, 0.1) is 17.0 Å². The van der Waals surface area contributed by atoms with E-state index in [1.54, 1.807) is 24.3 Å². The number of nitrogens with two attached hydrogens (primary N) is 1. The Hall–Kier alpha value is -1.60. The molecule has 7 heteroatoms. The number of sulfonamides is 1. The predicted molar refractivity (Wildman–Crippen MR) is 84.8 cm³/mol. The van der Waals surface area contributed by atoms with Crippen molar-refractivity contribution in [1.82, 2.24) is 5.32 Å². The molecule has 118 valence electrons. The second-order valence-corrected chi connectivity index (χ2v) is 6.56. The van der Waals surface area contributed by atoms with Crippen molar-refractivity contribution < 1.29 is 13.2 Å². The highest BCUT2D eigenvalue weighted by Gasteiger charge is 2.15. The van der Waals surface area contributed by atoms with Crippen LogP contribution in [0.25, 0.3) is 0 Å². The molecular formula is C14H23N3O3S. The Labute approximate surface area is 126 Å². The molecule has 0 unspecified atom stereocenters. The molecule has 6 nitrogen and oxygen atoms in total. The number of carbonyl (C=O) groups is 1. The summed E-state index contributed by atoms with van der Waals surface area (Å²) >= 11 is 0. The van der Waals surface area contributed by atoms with Crippen LogP contribution in [0, 0.1) is 0 Å². The zero-order valence-corrected chi connectivity index (χ0v) is 13.1. The minimum Gasteiger partial charge on any atom is -0.352 e. The van der Waals surface area contributed by atoms with Gasteiger partial charge in [0, 0.05) is 6.54 Å². The lowest BCUT2D eigenvalue weighted by Crippen LogP contribution is -2.26. The van der Waals surface area contributed by atoms with E-state index >= 15 is 0 Å². The van der Waals surface area contributed by atoms with Gasteiger partial charge in [-0.2, -0.15) is 0 Å². The van der Waals surface area contributed by atoms with Crippen LogP contribution in [0.1, 0.15) is 36.5 Å². The smallest absolute Gasteiger partial charge is 0.253 e. The molecule has 0 saturated carbocycles. The SMILES string of the molecule is CCCNC(=O)c1ccccc1NS(=O)(=O)CCCCN. The Balaban J connectivity index is 2.81. The maximum absolute atomic E-state index is 12.0. The fourth-order valence-corrected chi connectivity index (χ4v) is 2.96. The molecule has 0 fully saturated rings. The first kappa shape index (κ1) is 17.5. The molecular weight excluding hydrogens is 290 g/mol. The van der Waals surface area contributed by atoms with Gasteiger partial charge >= 0.3 is 0 Å². The summed E-state index contributed by atoms with van der Waals surface area (Å²) in [7, 11) is -3.47. The van der Waals surface area contributed by atoms with Gasteiger partial charge in [-0.25, -0.2) is 8.42 Å². The van der Waals surface area contributed by atoms with Crippen LogP contribution >= 0.6 is 0 Å². The van der Waals surface area contributed by atoms with Crippen LogP contribution in [-0.4, -0.2) is 33.2 Å². The quantitative estimate of drug-likeness (QED) is 0.598. The number of amides is 1. The van der Waals surface area contributed by atoms with Gasteiger partial charge in [-0.3, -0.25) is 9.52 Å². The van der Waals surface area contributed by atoms with E-state index in [4.69, 9.17) is 5.73 Å². The highest BCUT2D eigenvalue weighted by atomic mass is 32.2. The molecule has 0 heterocycles. The topological polar surface area (TPSA) is 101 Å². The summed E-state index contributed by atoms with van der Waals surface area (Å²) in [5.74, 6) is -0.285. The first-order chi connectivity index (χ1) is 10.00. The van der Waals surface area contributed by atoms with E-state index in [0.717, 1.165) is 6.42 Å². The van der Waals surface area contributed by atoms with Gasteiger partial charge in [0.25, 0.3) is 5.91 Å². The van der Waals surface area contributed by atoms with Crippen molar-refractivity contribution in [3.63, 3.8) is 0 Å². The standard InChI is InChI=1S/C14H23N3O3S/c1-2-10-16-14(18)12-7-3-4-8-13(12)17-21(19,20)11-6-5-9-15/h3-4,7-8,17H,2,5-6,9-11,15H2,1H3,(H,16,18). The monoisotopic (exact) mass is 313 g/mol. The normalized spacial score (nSPS) is 11.1. The lowest BCUT2D eigenvalue weighted by molar-refractivity contribution is 0.0954. The highest BCUT2D eigenvalue weighted by molar-refractivity contribution is 7.92. The molecule has 0 aliphatic rings. The number of rotatable bonds is 9. The predicted octanol–water partition coefficient (Wildman–Crippen LogP) is 1.31. The Morgan fingerprint density at radius 2 is 1.95 bits per heavy atom. The van der Waals surface area contributed by atoms with Gasteiger partial charge in [-0.1, -0.05) is 19.1 Å². The van der Waals surface area contributed by atoms with Crippen molar-refractivity contribution in [3.8, 4) is 0 Å². The molecule has 0 saturated heterocycles. The Morgan fingerprint density at radius 1 is 1.24 bits per heavy atom. The zero-order valence-electron chi connectivity index (χ0n) is 12.3. The Morgan fingerprint density at radius 3 is 2.62 bits per heavy atom. The van der Waals surface area contributed by atoms with Gasteiger partial charge < -0.3 is 11.1 Å². The molecule has 1 aromatic rings. The van der Waals surface area contributed by atoms with Crippen LogP contribution < -0.4 is 15.8 Å². The molecule has 0 aliphatic carbocycles. The van der Waals surface area contributed by atoms with Crippen LogP contribution in [0.15, 0.2) is 24.3 Å². The molecule has 1 aromatic carbocycles. The van der Waals surface area contributed by atoms with Gasteiger partial charge in [0.1, 0.15) is 0 Å². The highest BCUT2D eigenvalue weighted by Crippen LogP contribution is 2.17. The molecule has 21 heavy (non-hydrogen) atoms. The number of hydrogen-bond donors (Lipinski definition) is 3. The zero-order chi connectivity index (χ0) is 15.7. The molecule has 0 aliphatic heterocycles. The van der Waals surface area contributed by atoms with E-state index in [2.05, 4.69) is 10.0 Å². The number of anilines is 1. The average molecular weight is 313 g/mol. The van der Waals surface area contributed by atoms with Crippen molar-refractivity contribution in [2.75, 3.05) is 23.6 Å². The summed E-state index contributed by atoms with van der Waals surface area (Å²) in [5, 5.41) is 2.74. The number of benzene rings is 1. The maximum atomic E-state index is 12.0. The van der Waals surface area contributed by atoms with Crippen molar-refractivity contribution in [1.29, 1.82) is 0 Å². The second kappa shape index (κ2) is 8.63. The number of hydrogen-bond acceptors (Lipinski definition) is 4. The third-order valence-electron chi connectivity index (χ3n) is 2.84. The van der Waals surface area contributed by atoms with Crippen LogP contribution in [0.4, 0.5) is 5.69 Å². The van der Waals surface area contributed by atoms with Crippen LogP contribution in [0.5, 0.6) is 0 Å². The summed E-state index contributed by atoms with van der Waals surface area (Å²) in [6, 6.07) is 6.57. The first-order valence-electron chi connectivity index (χ1n) is 7.08. The number of nitrogens with one attached hydrogen (secondary N) is 2. The van der Waals surface area contributed by atoms with Crippen molar-refractivity contribution in [3.05, 3.63) is 29.8 Å². The van der Waals surface area contributed by atoms with E-state index in [0.29, 0.717) is 37.2 Å². The average Bonchev–Trinajstić information content (AvgIpc) is 2.45. The largest absolute Gasteiger partial charge is 0.352 e. The molecule has 1 amide bonds. The van der Waals surface area contributed by atoms with Gasteiger partial charge in [-0.05, 0) is 37.9 Å². The molecule has 0 bridgehead atoms. The molecule has 1 rings (SSSR count). The maximum Gasteiger partial charge on any atom is 0.253 e. The Bertz CT molecular complexity index is 558. The first-order valence-corrected chi connectivity index (χ1v) is 8.73. The van der Waals surface area contributed by atoms with Crippen LogP contribution in [-0.2, 0) is 10.0 Å². The van der Waals surface area contributed by atoms with Gasteiger partial charge in [0.2, 0.25) is 10.0 Å². The van der Waals surface area contributed by atoms with Crippen molar-refractivity contribution in [2.24, 2.45) is 5.73 Å². The van der Waals surface area contributed by atoms with Crippen molar-refractivity contribution >= 4 is 21.6 Å². The van der Waals surface area contributed by atoms with Crippen LogP contribution in [0.3, 0.4) is 0 Å². The summed E-state index contributed by atoms with van der Waals surface area (Å²) in [6.07, 6.45) is 1.97. The fourth-order valence-electron chi connectivity index (χ4n) is 1.76. The number of carbonyl (C=O) groups excluding carboxylic acids is 1. The van der Waals surface area contributed by atoms with Crippen LogP contribution in [0.2, 0.25) is 0 Å². The number of unbranched alkanes of at least 4 members (excludes halogenated alkanes) is 1. The summed E-state index contributed by atoms with van der Waals surface area (Å²) < 4.78 is 26.4. The van der Waals surface area contributed by atoms with E-state index in [1.165, 1.54) is 0 Å². The molecule has 4 N–H and O–H groups in total. The van der Waals surface area contributed by atoms with E-state index < -0.39 is 10.0 Å². The fraction of sp³-hybridized carbons (Fsp3) is 0.500. The summed E-state index contributed by atoms with van der Waals surface area (Å²) in [6.45, 7) is 2.97. The van der Waals surface area contributed by atoms with E-state index in [1.807, 2.05) is 6.92 Å². The van der Waals surface area contributed by atoms with Gasteiger partial charge in [-0.15, -0.1) is 0 Å². The molecule has 0 aromatic heterocycles. The third kappa shape index (κ3) is 6.14. The minimum absolute atomic E-state index is 0.00485. The van der Waals surface area contributed by atoms with E-state index in [9.17, 15) is 13.2 Å². The third-order valence-corrected chi connectivity index (χ3v) is 4.20. The second-order valence-electron chi connectivity index (χ2n) is 4.72. The number of para-hydroxylation sites is 1. The summed E-state index contributed by atoms with van der Waals surface area (Å²) in [4.78, 5) is 12.0. The molecule has 0 radical (unpaired) electrons. The lowest BCUT2D eigenvalue weighted by atomic mass is 10.1. The Kier molecular flexibility index (Phi) is 7.18.